The van der Waals surface area contributed by atoms with Gasteiger partial charge in [-0.3, -0.25) is 4.79 Å². The van der Waals surface area contributed by atoms with Crippen LogP contribution in [0.25, 0.3) is 0 Å². The number of esters is 1. The van der Waals surface area contributed by atoms with Gasteiger partial charge < -0.3 is 4.74 Å². The molecule has 0 N–H and O–H groups in total. The molecule has 76 valence electrons. The Balaban J connectivity index is 2.31. The molecule has 0 fully saturated rings. The van der Waals surface area contributed by atoms with Gasteiger partial charge in [-0.1, -0.05) is 12.1 Å². The molecule has 0 aliphatic rings. The summed E-state index contributed by atoms with van der Waals surface area (Å²) in [4.78, 5) is 11.0. The van der Waals surface area contributed by atoms with Crippen LogP contribution in [0.15, 0.2) is 29.2 Å². The SMILES string of the molecule is CC(=O)OCCSc1ccccc1F. The maximum Gasteiger partial charge on any atom is 0.302 e. The molecular formula is C10H11FO2S. The second-order valence-corrected chi connectivity index (χ2v) is 3.76. The lowest BCUT2D eigenvalue weighted by Gasteiger charge is -2.02. The van der Waals surface area contributed by atoms with Crippen LogP contribution in [-0.4, -0.2) is 18.3 Å². The van der Waals surface area contributed by atoms with Crippen LogP contribution in [0, 0.1) is 5.82 Å². The zero-order chi connectivity index (χ0) is 10.4. The average molecular weight is 214 g/mol. The van der Waals surface area contributed by atoms with Crippen molar-refractivity contribution in [2.45, 2.75) is 11.8 Å². The lowest BCUT2D eigenvalue weighted by molar-refractivity contribution is -0.140. The second-order valence-electron chi connectivity index (χ2n) is 2.62. The monoisotopic (exact) mass is 214 g/mol. The summed E-state index contributed by atoms with van der Waals surface area (Å²) in [6, 6.07) is 6.53. The summed E-state index contributed by atoms with van der Waals surface area (Å²) in [5, 5.41) is 0. The Morgan fingerprint density at radius 1 is 1.50 bits per heavy atom. The molecule has 0 unspecified atom stereocenters. The van der Waals surface area contributed by atoms with E-state index in [0.29, 0.717) is 17.3 Å². The van der Waals surface area contributed by atoms with Crippen LogP contribution < -0.4 is 0 Å². The van der Waals surface area contributed by atoms with Gasteiger partial charge in [-0.15, -0.1) is 11.8 Å². The third kappa shape index (κ3) is 3.79. The van der Waals surface area contributed by atoms with Crippen molar-refractivity contribution < 1.29 is 13.9 Å². The van der Waals surface area contributed by atoms with Crippen LogP contribution in [0.5, 0.6) is 0 Å². The summed E-state index contributed by atoms with van der Waals surface area (Å²) in [5.74, 6) is 0.0278. The fraction of sp³-hybridized carbons (Fsp3) is 0.300. The van der Waals surface area contributed by atoms with E-state index in [2.05, 4.69) is 0 Å². The van der Waals surface area contributed by atoms with Crippen molar-refractivity contribution in [2.75, 3.05) is 12.4 Å². The first-order valence-corrected chi connectivity index (χ1v) is 5.19. The van der Waals surface area contributed by atoms with Crippen LogP contribution in [0.4, 0.5) is 4.39 Å². The fourth-order valence-electron chi connectivity index (χ4n) is 0.899. The van der Waals surface area contributed by atoms with Crippen molar-refractivity contribution in [1.29, 1.82) is 0 Å². The van der Waals surface area contributed by atoms with Gasteiger partial charge in [0, 0.05) is 17.6 Å². The first-order valence-electron chi connectivity index (χ1n) is 4.21. The molecule has 1 aromatic rings. The van der Waals surface area contributed by atoms with Gasteiger partial charge in [-0.25, -0.2) is 4.39 Å². The zero-order valence-corrected chi connectivity index (χ0v) is 8.64. The lowest BCUT2D eigenvalue weighted by Crippen LogP contribution is -2.02. The number of ether oxygens (including phenoxy) is 1. The summed E-state index contributed by atoms with van der Waals surface area (Å²) in [6.45, 7) is 1.67. The summed E-state index contributed by atoms with van der Waals surface area (Å²) >= 11 is 1.34. The Hall–Kier alpha value is -1.03. The maximum absolute atomic E-state index is 13.0. The number of benzene rings is 1. The minimum Gasteiger partial charge on any atom is -0.465 e. The van der Waals surface area contributed by atoms with Gasteiger partial charge in [0.25, 0.3) is 0 Å². The second kappa shape index (κ2) is 5.65. The van der Waals surface area contributed by atoms with E-state index < -0.39 is 0 Å². The molecule has 0 heterocycles. The number of hydrogen-bond donors (Lipinski definition) is 0. The van der Waals surface area contributed by atoms with Crippen molar-refractivity contribution in [3.05, 3.63) is 30.1 Å². The van der Waals surface area contributed by atoms with Gasteiger partial charge in [-0.2, -0.15) is 0 Å². The molecule has 0 saturated heterocycles. The molecule has 14 heavy (non-hydrogen) atoms. The number of carbonyl (C=O) groups is 1. The minimum absolute atomic E-state index is 0.236. The standard InChI is InChI=1S/C10H11FO2S/c1-8(12)13-6-7-14-10-5-3-2-4-9(10)11/h2-5H,6-7H2,1H3. The first-order chi connectivity index (χ1) is 6.70. The van der Waals surface area contributed by atoms with E-state index in [0.717, 1.165) is 0 Å². The molecule has 0 saturated carbocycles. The van der Waals surface area contributed by atoms with Crippen molar-refractivity contribution in [2.24, 2.45) is 0 Å². The Morgan fingerprint density at radius 2 is 2.21 bits per heavy atom. The number of rotatable bonds is 4. The predicted octanol–water partition coefficient (Wildman–Crippen LogP) is 2.48. The highest BCUT2D eigenvalue weighted by molar-refractivity contribution is 7.99. The van der Waals surface area contributed by atoms with Crippen LogP contribution in [0.2, 0.25) is 0 Å². The topological polar surface area (TPSA) is 26.3 Å². The molecule has 0 spiro atoms. The molecule has 0 bridgehead atoms. The molecule has 2 nitrogen and oxygen atoms in total. The summed E-state index contributed by atoms with van der Waals surface area (Å²) in [7, 11) is 0. The van der Waals surface area contributed by atoms with E-state index in [1.54, 1.807) is 18.2 Å². The van der Waals surface area contributed by atoms with Gasteiger partial charge in [-0.05, 0) is 12.1 Å². The predicted molar refractivity (Wildman–Crippen MR) is 53.8 cm³/mol. The Morgan fingerprint density at radius 3 is 2.86 bits per heavy atom. The van der Waals surface area contributed by atoms with Crippen molar-refractivity contribution in [1.82, 2.24) is 0 Å². The highest BCUT2D eigenvalue weighted by Crippen LogP contribution is 2.20. The number of hydrogen-bond acceptors (Lipinski definition) is 3. The van der Waals surface area contributed by atoms with E-state index in [1.807, 2.05) is 0 Å². The van der Waals surface area contributed by atoms with E-state index >= 15 is 0 Å². The van der Waals surface area contributed by atoms with Gasteiger partial charge in [0.1, 0.15) is 12.4 Å². The minimum atomic E-state index is -0.306. The van der Waals surface area contributed by atoms with Gasteiger partial charge >= 0.3 is 5.97 Å². The zero-order valence-electron chi connectivity index (χ0n) is 7.83. The quantitative estimate of drug-likeness (QED) is 0.437. The smallest absolute Gasteiger partial charge is 0.302 e. The van der Waals surface area contributed by atoms with E-state index in [9.17, 15) is 9.18 Å². The largest absolute Gasteiger partial charge is 0.465 e. The van der Waals surface area contributed by atoms with Gasteiger partial charge in [0.05, 0.1) is 0 Å². The third-order valence-electron chi connectivity index (χ3n) is 1.48. The molecule has 0 aliphatic carbocycles. The van der Waals surface area contributed by atoms with Gasteiger partial charge in [0.2, 0.25) is 0 Å². The Bertz CT molecular complexity index is 315. The number of carbonyl (C=O) groups excluding carboxylic acids is 1. The van der Waals surface area contributed by atoms with E-state index in [-0.39, 0.29) is 11.8 Å². The molecule has 0 aliphatic heterocycles. The molecule has 4 heteroatoms. The first kappa shape index (κ1) is 11.0. The van der Waals surface area contributed by atoms with Gasteiger partial charge in [0.15, 0.2) is 0 Å². The van der Waals surface area contributed by atoms with Crippen molar-refractivity contribution in [3.8, 4) is 0 Å². The fourth-order valence-corrected chi connectivity index (χ4v) is 1.67. The summed E-state index contributed by atoms with van der Waals surface area (Å²) in [5.41, 5.74) is 0. The lowest BCUT2D eigenvalue weighted by atomic mass is 10.3. The third-order valence-corrected chi connectivity index (χ3v) is 2.50. The average Bonchev–Trinajstić information content (AvgIpc) is 2.15. The molecule has 0 amide bonds. The van der Waals surface area contributed by atoms with Crippen molar-refractivity contribution >= 4 is 17.7 Å². The van der Waals surface area contributed by atoms with Crippen molar-refractivity contribution in [3.63, 3.8) is 0 Å². The molecule has 0 radical (unpaired) electrons. The number of halogens is 1. The Labute approximate surface area is 86.5 Å². The van der Waals surface area contributed by atoms with Crippen LogP contribution in [0.1, 0.15) is 6.92 Å². The number of thioether (sulfide) groups is 1. The van der Waals surface area contributed by atoms with E-state index in [1.165, 1.54) is 24.8 Å². The highest BCUT2D eigenvalue weighted by Gasteiger charge is 2.00. The van der Waals surface area contributed by atoms with Crippen LogP contribution in [0.3, 0.4) is 0 Å². The molecule has 0 atom stereocenters. The Kier molecular flexibility index (Phi) is 4.46. The van der Waals surface area contributed by atoms with Crippen LogP contribution >= 0.6 is 11.8 Å². The molecular weight excluding hydrogens is 203 g/mol. The normalized spacial score (nSPS) is 9.86. The summed E-state index contributed by atoms with van der Waals surface area (Å²) < 4.78 is 17.8. The molecule has 1 aromatic carbocycles. The maximum atomic E-state index is 13.0. The molecule has 1 rings (SSSR count). The van der Waals surface area contributed by atoms with Crippen LogP contribution in [-0.2, 0) is 9.53 Å². The highest BCUT2D eigenvalue weighted by atomic mass is 32.2. The molecule has 0 aromatic heterocycles. The summed E-state index contributed by atoms with van der Waals surface area (Å²) in [6.07, 6.45) is 0. The van der Waals surface area contributed by atoms with E-state index in [4.69, 9.17) is 4.74 Å².